The smallest absolute Gasteiger partial charge is 0.258 e. The van der Waals surface area contributed by atoms with E-state index in [-0.39, 0.29) is 12.8 Å². The molecule has 1 aliphatic rings. The monoisotopic (exact) mass is 395 g/mol. The van der Waals surface area contributed by atoms with Crippen molar-refractivity contribution in [3.8, 4) is 34.3 Å². The summed E-state index contributed by atoms with van der Waals surface area (Å²) in [6.45, 7) is 4.93. The number of ether oxygens (including phenoxy) is 2. The summed E-state index contributed by atoms with van der Waals surface area (Å²) in [6, 6.07) is 11.9. The van der Waals surface area contributed by atoms with Crippen molar-refractivity contribution < 1.29 is 19.1 Å². The Bertz CT molecular complexity index is 986. The van der Waals surface area contributed by atoms with Crippen molar-refractivity contribution in [2.24, 2.45) is 0 Å². The quantitative estimate of drug-likeness (QED) is 0.562. The van der Waals surface area contributed by atoms with Crippen molar-refractivity contribution in [1.82, 2.24) is 15.5 Å². The number of nitrogens with one attached hydrogen (secondary N) is 1. The molecule has 1 aliphatic carbocycles. The van der Waals surface area contributed by atoms with Crippen molar-refractivity contribution in [2.75, 3.05) is 19.9 Å². The lowest BCUT2D eigenvalue weighted by atomic mass is 10.0. The predicted octanol–water partition coefficient (Wildman–Crippen LogP) is 3.73. The molecule has 0 saturated carbocycles. The molecule has 0 spiro atoms. The second kappa shape index (κ2) is 8.63. The molecule has 2 N–H and O–H groups in total. The zero-order valence-corrected chi connectivity index (χ0v) is 16.6. The summed E-state index contributed by atoms with van der Waals surface area (Å²) >= 11 is 0. The van der Waals surface area contributed by atoms with E-state index >= 15 is 0 Å². The molecule has 0 bridgehead atoms. The second-order valence-corrected chi connectivity index (χ2v) is 6.78. The van der Waals surface area contributed by atoms with Crippen LogP contribution >= 0.6 is 0 Å². The van der Waals surface area contributed by atoms with Gasteiger partial charge in [-0.1, -0.05) is 23.4 Å². The van der Waals surface area contributed by atoms with Gasteiger partial charge < -0.3 is 19.1 Å². The van der Waals surface area contributed by atoms with Gasteiger partial charge in [-0.15, -0.1) is 0 Å². The Hall–Kier alpha value is -2.90. The van der Waals surface area contributed by atoms with Gasteiger partial charge in [-0.3, -0.25) is 5.32 Å². The molecule has 7 heteroatoms. The number of rotatable bonds is 8. The number of hydrogen-bond acceptors (Lipinski definition) is 7. The first-order valence-electron chi connectivity index (χ1n) is 9.95. The summed E-state index contributed by atoms with van der Waals surface area (Å²) in [4.78, 5) is 4.63. The molecule has 7 nitrogen and oxygen atoms in total. The maximum Gasteiger partial charge on any atom is 0.258 e. The van der Waals surface area contributed by atoms with Crippen LogP contribution in [0.25, 0.3) is 22.8 Å². The molecule has 29 heavy (non-hydrogen) atoms. The highest BCUT2D eigenvalue weighted by Crippen LogP contribution is 2.38. The number of aliphatic hydroxyl groups excluding tert-OH is 1. The van der Waals surface area contributed by atoms with Gasteiger partial charge >= 0.3 is 0 Å². The molecule has 0 radical (unpaired) electrons. The fourth-order valence-corrected chi connectivity index (χ4v) is 3.82. The van der Waals surface area contributed by atoms with Gasteiger partial charge in [0.1, 0.15) is 0 Å². The Morgan fingerprint density at radius 3 is 2.76 bits per heavy atom. The zero-order chi connectivity index (χ0) is 20.2. The van der Waals surface area contributed by atoms with Crippen LogP contribution in [0.2, 0.25) is 0 Å². The largest absolute Gasteiger partial charge is 0.490 e. The van der Waals surface area contributed by atoms with E-state index in [1.807, 2.05) is 44.2 Å². The minimum absolute atomic E-state index is 0.0411. The van der Waals surface area contributed by atoms with E-state index in [1.54, 1.807) is 0 Å². The Morgan fingerprint density at radius 2 is 1.97 bits per heavy atom. The van der Waals surface area contributed by atoms with Crippen LogP contribution in [0.1, 0.15) is 37.4 Å². The maximum atomic E-state index is 9.21. The molecule has 0 amide bonds. The van der Waals surface area contributed by atoms with Gasteiger partial charge in [0.05, 0.1) is 19.9 Å². The Balaban J connectivity index is 1.66. The van der Waals surface area contributed by atoms with Crippen molar-refractivity contribution in [3.05, 3.63) is 47.5 Å². The first-order chi connectivity index (χ1) is 14.2. The summed E-state index contributed by atoms with van der Waals surface area (Å²) in [5.74, 6) is 2.35. The minimum atomic E-state index is -0.0411. The minimum Gasteiger partial charge on any atom is -0.490 e. The van der Waals surface area contributed by atoms with Gasteiger partial charge in [-0.2, -0.15) is 4.98 Å². The van der Waals surface area contributed by atoms with Crippen LogP contribution in [0, 0.1) is 0 Å². The molecule has 0 fully saturated rings. The van der Waals surface area contributed by atoms with Crippen LogP contribution in [0.4, 0.5) is 0 Å². The number of fused-ring (bicyclic) bond motifs is 1. The van der Waals surface area contributed by atoms with Crippen molar-refractivity contribution in [1.29, 1.82) is 0 Å². The Kier molecular flexibility index (Phi) is 5.78. The third-order valence-corrected chi connectivity index (χ3v) is 5.07. The summed E-state index contributed by atoms with van der Waals surface area (Å²) in [7, 11) is 0. The van der Waals surface area contributed by atoms with Crippen molar-refractivity contribution in [2.45, 2.75) is 32.7 Å². The average Bonchev–Trinajstić information content (AvgIpc) is 3.38. The summed E-state index contributed by atoms with van der Waals surface area (Å²) in [6.07, 6.45) is 1.85. The van der Waals surface area contributed by atoms with E-state index in [1.165, 1.54) is 11.1 Å². The van der Waals surface area contributed by atoms with Crippen LogP contribution in [-0.2, 0) is 6.42 Å². The first kappa shape index (κ1) is 19.4. The molecule has 0 aliphatic heterocycles. The third-order valence-electron chi connectivity index (χ3n) is 5.07. The Labute approximate surface area is 169 Å². The predicted molar refractivity (Wildman–Crippen MR) is 109 cm³/mol. The lowest BCUT2D eigenvalue weighted by Crippen LogP contribution is -2.19. The van der Waals surface area contributed by atoms with E-state index < -0.39 is 0 Å². The van der Waals surface area contributed by atoms with Gasteiger partial charge in [0, 0.05) is 17.2 Å². The van der Waals surface area contributed by atoms with E-state index in [0.717, 1.165) is 24.0 Å². The van der Waals surface area contributed by atoms with Gasteiger partial charge in [0.2, 0.25) is 5.82 Å². The molecule has 2 aromatic carbocycles. The van der Waals surface area contributed by atoms with Crippen molar-refractivity contribution in [3.63, 3.8) is 0 Å². The molecule has 4 rings (SSSR count). The number of nitrogens with zero attached hydrogens (tertiary/aromatic N) is 2. The average molecular weight is 395 g/mol. The third kappa shape index (κ3) is 3.83. The van der Waals surface area contributed by atoms with E-state index in [9.17, 15) is 5.11 Å². The Morgan fingerprint density at radius 1 is 1.14 bits per heavy atom. The molecule has 1 unspecified atom stereocenters. The summed E-state index contributed by atoms with van der Waals surface area (Å²) < 4.78 is 16.9. The topological polar surface area (TPSA) is 89.6 Å². The molecular formula is C22H25N3O4. The number of hydrogen-bond donors (Lipinski definition) is 2. The molecule has 0 saturated heterocycles. The van der Waals surface area contributed by atoms with Crippen LogP contribution < -0.4 is 14.8 Å². The molecule has 1 atom stereocenters. The van der Waals surface area contributed by atoms with Crippen LogP contribution in [0.3, 0.4) is 0 Å². The molecule has 3 aromatic rings. The fraction of sp³-hybridized carbons (Fsp3) is 0.364. The van der Waals surface area contributed by atoms with Gasteiger partial charge in [0.15, 0.2) is 11.5 Å². The SMILES string of the molecule is CCOc1ccc(-c2nc(-c3cccc4c3CCC4NCO)no2)cc1OCC. The van der Waals surface area contributed by atoms with E-state index in [4.69, 9.17) is 14.0 Å². The van der Waals surface area contributed by atoms with Gasteiger partial charge in [-0.25, -0.2) is 0 Å². The number of benzene rings is 2. The number of aromatic nitrogens is 2. The van der Waals surface area contributed by atoms with Crippen LogP contribution in [0.15, 0.2) is 40.9 Å². The highest BCUT2D eigenvalue weighted by Gasteiger charge is 2.26. The molecular weight excluding hydrogens is 370 g/mol. The molecule has 152 valence electrons. The maximum absolute atomic E-state index is 9.21. The fourth-order valence-electron chi connectivity index (χ4n) is 3.82. The lowest BCUT2D eigenvalue weighted by Gasteiger charge is -2.12. The molecule has 1 heterocycles. The highest BCUT2D eigenvalue weighted by atomic mass is 16.5. The normalized spacial score (nSPS) is 15.3. The van der Waals surface area contributed by atoms with Crippen LogP contribution in [-0.4, -0.2) is 35.2 Å². The second-order valence-electron chi connectivity index (χ2n) is 6.78. The van der Waals surface area contributed by atoms with E-state index in [2.05, 4.69) is 21.5 Å². The van der Waals surface area contributed by atoms with Gasteiger partial charge in [0.25, 0.3) is 5.89 Å². The summed E-state index contributed by atoms with van der Waals surface area (Å²) in [5, 5.41) is 16.5. The van der Waals surface area contributed by atoms with Crippen LogP contribution in [0.5, 0.6) is 11.5 Å². The van der Waals surface area contributed by atoms with Crippen molar-refractivity contribution >= 4 is 0 Å². The molecule has 1 aromatic heterocycles. The highest BCUT2D eigenvalue weighted by molar-refractivity contribution is 5.67. The number of aliphatic hydroxyl groups is 1. The van der Waals surface area contributed by atoms with Gasteiger partial charge in [-0.05, 0) is 56.0 Å². The zero-order valence-electron chi connectivity index (χ0n) is 16.6. The standard InChI is InChI=1S/C22H25N3O4/c1-3-27-19-11-8-14(12-20(19)28-4-2)22-24-21(25-29-22)17-7-5-6-16-15(17)9-10-18(16)23-13-26/h5-8,11-12,18,23,26H,3-4,9-10,13H2,1-2H3. The van der Waals surface area contributed by atoms with E-state index in [0.29, 0.717) is 36.4 Å². The first-order valence-corrected chi connectivity index (χ1v) is 9.95. The lowest BCUT2D eigenvalue weighted by molar-refractivity contribution is 0.241. The summed E-state index contributed by atoms with van der Waals surface area (Å²) in [5.41, 5.74) is 4.13.